The number of halogens is 3. The van der Waals surface area contributed by atoms with Crippen molar-refractivity contribution in [1.82, 2.24) is 14.8 Å². The Hall–Kier alpha value is -0.190. The van der Waals surface area contributed by atoms with Gasteiger partial charge in [0, 0.05) is 31.3 Å². The van der Waals surface area contributed by atoms with E-state index in [0.29, 0.717) is 5.82 Å². The van der Waals surface area contributed by atoms with Crippen molar-refractivity contribution < 1.29 is 8.42 Å². The third-order valence-electron chi connectivity index (χ3n) is 2.22. The summed E-state index contributed by atoms with van der Waals surface area (Å²) in [6.07, 6.45) is 0. The molecule has 2 aromatic rings. The highest BCUT2D eigenvalue weighted by atomic mass is 127. The van der Waals surface area contributed by atoms with Crippen molar-refractivity contribution >= 4 is 58.3 Å². The number of rotatable bonds is 2. The van der Waals surface area contributed by atoms with Crippen molar-refractivity contribution in [2.45, 2.75) is 5.16 Å². The lowest BCUT2D eigenvalue weighted by Crippen LogP contribution is -2.03. The third kappa shape index (κ3) is 2.70. The summed E-state index contributed by atoms with van der Waals surface area (Å²) in [5, 5.41) is 7.22. The molecule has 0 amide bonds. The Bertz CT molecular complexity index is 717. The molecule has 0 saturated heterocycles. The van der Waals surface area contributed by atoms with E-state index < -0.39 is 9.05 Å². The van der Waals surface area contributed by atoms with Crippen molar-refractivity contribution in [2.24, 2.45) is 7.05 Å². The quantitative estimate of drug-likeness (QED) is 0.509. The lowest BCUT2D eigenvalue weighted by Gasteiger charge is -2.05. The van der Waals surface area contributed by atoms with E-state index in [1.165, 1.54) is 4.57 Å². The molecule has 0 aliphatic heterocycles. The van der Waals surface area contributed by atoms with Gasteiger partial charge >= 0.3 is 0 Å². The second-order valence-corrected chi connectivity index (χ2v) is 7.96. The molecule has 0 unspecified atom stereocenters. The maximum Gasteiger partial charge on any atom is 0.296 e. The first-order valence-corrected chi connectivity index (χ1v) is 8.78. The van der Waals surface area contributed by atoms with Crippen LogP contribution in [0, 0.1) is 3.57 Å². The van der Waals surface area contributed by atoms with Gasteiger partial charge in [0.25, 0.3) is 14.2 Å². The van der Waals surface area contributed by atoms with Gasteiger partial charge in [0.2, 0.25) is 0 Å². The molecule has 1 heterocycles. The maximum absolute atomic E-state index is 11.3. The van der Waals surface area contributed by atoms with E-state index in [2.05, 4.69) is 48.7 Å². The summed E-state index contributed by atoms with van der Waals surface area (Å²) in [5.41, 5.74) is 0.784. The standard InChI is InChI=1S/C9H6BrClIN3O2S/c1-15-8(13-14-9(15)18(11,16)17)6-4-5(10)2-3-7(6)12/h2-4H,1H3. The highest BCUT2D eigenvalue weighted by Gasteiger charge is 2.21. The third-order valence-corrected chi connectivity index (χ3v) is 4.86. The Morgan fingerprint density at radius 1 is 1.39 bits per heavy atom. The minimum atomic E-state index is -3.90. The number of aromatic nitrogens is 3. The van der Waals surface area contributed by atoms with Crippen LogP contribution in [0.3, 0.4) is 0 Å². The van der Waals surface area contributed by atoms with E-state index in [0.717, 1.165) is 13.6 Å². The topological polar surface area (TPSA) is 64.8 Å². The predicted octanol–water partition coefficient (Wildman–Crippen LogP) is 2.78. The highest BCUT2D eigenvalue weighted by molar-refractivity contribution is 14.1. The van der Waals surface area contributed by atoms with E-state index in [-0.39, 0.29) is 5.16 Å². The van der Waals surface area contributed by atoms with Crippen LogP contribution in [-0.2, 0) is 16.1 Å². The van der Waals surface area contributed by atoms with Crippen LogP contribution >= 0.6 is 49.2 Å². The van der Waals surface area contributed by atoms with E-state index in [9.17, 15) is 8.42 Å². The molecule has 2 rings (SSSR count). The van der Waals surface area contributed by atoms with Crippen LogP contribution in [0.4, 0.5) is 0 Å². The van der Waals surface area contributed by atoms with Gasteiger partial charge in [-0.3, -0.25) is 4.57 Å². The van der Waals surface area contributed by atoms with Gasteiger partial charge in [0.1, 0.15) is 0 Å². The zero-order valence-electron chi connectivity index (χ0n) is 8.93. The average Bonchev–Trinajstić information content (AvgIpc) is 2.63. The Morgan fingerprint density at radius 2 is 2.06 bits per heavy atom. The fraction of sp³-hybridized carbons (Fsp3) is 0.111. The monoisotopic (exact) mass is 461 g/mol. The van der Waals surface area contributed by atoms with Crippen molar-refractivity contribution in [3.05, 3.63) is 26.2 Å². The Balaban J connectivity index is 2.67. The van der Waals surface area contributed by atoms with Crippen molar-refractivity contribution in [2.75, 3.05) is 0 Å². The number of nitrogens with zero attached hydrogens (tertiary/aromatic N) is 3. The molecule has 1 aromatic heterocycles. The summed E-state index contributed by atoms with van der Waals surface area (Å²) in [6, 6.07) is 5.63. The van der Waals surface area contributed by atoms with Crippen LogP contribution in [0.15, 0.2) is 27.8 Å². The number of benzene rings is 1. The first-order chi connectivity index (χ1) is 8.30. The van der Waals surface area contributed by atoms with Crippen LogP contribution in [0.5, 0.6) is 0 Å². The van der Waals surface area contributed by atoms with Crippen LogP contribution in [0.25, 0.3) is 11.4 Å². The van der Waals surface area contributed by atoms with Crippen molar-refractivity contribution in [1.29, 1.82) is 0 Å². The lowest BCUT2D eigenvalue weighted by molar-refractivity contribution is 0.593. The molecule has 0 aliphatic carbocycles. The Labute approximate surface area is 130 Å². The molecule has 0 saturated carbocycles. The van der Waals surface area contributed by atoms with Gasteiger partial charge in [-0.05, 0) is 40.8 Å². The molecular weight excluding hydrogens is 456 g/mol. The molecule has 0 N–H and O–H groups in total. The fourth-order valence-corrected chi connectivity index (χ4v) is 3.32. The van der Waals surface area contributed by atoms with E-state index in [1.54, 1.807) is 7.05 Å². The smallest absolute Gasteiger partial charge is 0.296 e. The predicted molar refractivity (Wildman–Crippen MR) is 79.9 cm³/mol. The first-order valence-electron chi connectivity index (χ1n) is 4.60. The minimum absolute atomic E-state index is 0.269. The largest absolute Gasteiger partial charge is 0.300 e. The number of hydrogen-bond donors (Lipinski definition) is 0. The van der Waals surface area contributed by atoms with Gasteiger partial charge < -0.3 is 0 Å². The Morgan fingerprint density at radius 3 is 2.61 bits per heavy atom. The summed E-state index contributed by atoms with van der Waals surface area (Å²) < 4.78 is 25.7. The summed E-state index contributed by atoms with van der Waals surface area (Å²) in [6.45, 7) is 0. The van der Waals surface area contributed by atoms with Crippen molar-refractivity contribution in [3.8, 4) is 11.4 Å². The second kappa shape index (κ2) is 5.06. The molecule has 0 bridgehead atoms. The van der Waals surface area contributed by atoms with Crippen LogP contribution in [0.1, 0.15) is 0 Å². The fourth-order valence-electron chi connectivity index (χ4n) is 1.43. The molecule has 0 radical (unpaired) electrons. The van der Waals surface area contributed by atoms with Gasteiger partial charge in [0.15, 0.2) is 5.82 Å². The zero-order valence-corrected chi connectivity index (χ0v) is 14.2. The van der Waals surface area contributed by atoms with Crippen LogP contribution in [0.2, 0.25) is 0 Å². The number of hydrogen-bond acceptors (Lipinski definition) is 4. The normalized spacial score (nSPS) is 11.8. The molecule has 0 spiro atoms. The molecule has 18 heavy (non-hydrogen) atoms. The second-order valence-electron chi connectivity index (χ2n) is 3.43. The molecule has 0 atom stereocenters. The average molecular weight is 462 g/mol. The summed E-state index contributed by atoms with van der Waals surface area (Å²) in [5.74, 6) is 0.444. The van der Waals surface area contributed by atoms with Gasteiger partial charge in [-0.1, -0.05) is 15.9 Å². The molecule has 1 aromatic carbocycles. The Kier molecular flexibility index (Phi) is 4.00. The van der Waals surface area contributed by atoms with Crippen molar-refractivity contribution in [3.63, 3.8) is 0 Å². The molecular formula is C9H6BrClIN3O2S. The van der Waals surface area contributed by atoms with E-state index >= 15 is 0 Å². The first kappa shape index (κ1) is 14.2. The maximum atomic E-state index is 11.3. The molecule has 96 valence electrons. The van der Waals surface area contributed by atoms with Gasteiger partial charge in [-0.25, -0.2) is 8.42 Å². The van der Waals surface area contributed by atoms with Gasteiger partial charge in [-0.15, -0.1) is 10.2 Å². The summed E-state index contributed by atoms with van der Waals surface area (Å²) in [7, 11) is 2.93. The van der Waals surface area contributed by atoms with Crippen LogP contribution in [-0.4, -0.2) is 23.2 Å². The summed E-state index contributed by atoms with van der Waals surface area (Å²) in [4.78, 5) is 0. The van der Waals surface area contributed by atoms with E-state index in [4.69, 9.17) is 10.7 Å². The lowest BCUT2D eigenvalue weighted by atomic mass is 10.2. The summed E-state index contributed by atoms with van der Waals surface area (Å²) >= 11 is 5.50. The highest BCUT2D eigenvalue weighted by Crippen LogP contribution is 2.28. The molecule has 5 nitrogen and oxygen atoms in total. The SMILES string of the molecule is Cn1c(-c2cc(Br)ccc2I)nnc1S(=O)(=O)Cl. The van der Waals surface area contributed by atoms with E-state index in [1.807, 2.05) is 18.2 Å². The van der Waals surface area contributed by atoms with Gasteiger partial charge in [-0.2, -0.15) is 0 Å². The molecule has 0 aliphatic rings. The van der Waals surface area contributed by atoms with Gasteiger partial charge in [0.05, 0.1) is 0 Å². The molecule has 0 fully saturated rings. The van der Waals surface area contributed by atoms with Crippen LogP contribution < -0.4 is 0 Å². The minimum Gasteiger partial charge on any atom is -0.300 e. The molecule has 9 heteroatoms. The zero-order chi connectivity index (χ0) is 13.5.